The summed E-state index contributed by atoms with van der Waals surface area (Å²) >= 11 is 0. The fourth-order valence-corrected chi connectivity index (χ4v) is 5.87. The fourth-order valence-electron chi connectivity index (χ4n) is 5.87. The standard InChI is InChI=1S/C28H38N8O3/c1-34-8-10-35(11-9-34)17-23(37)12-18-2-4-21(5-3-18)30-24-15-25(31-22-6-7-22)36-27(32-24)20(16-29-36)13-19-14-26(38)33-28(19)39/h13,15-16,18,21-22,31H,2-12,14,17H2,1H3,(H,30,32)(H,33,38,39)/b19-13+. The Morgan fingerprint density at radius 1 is 1.05 bits per heavy atom. The van der Waals surface area contributed by atoms with Crippen LogP contribution in [0.2, 0.25) is 0 Å². The van der Waals surface area contributed by atoms with Gasteiger partial charge in [-0.2, -0.15) is 9.61 Å². The van der Waals surface area contributed by atoms with Gasteiger partial charge < -0.3 is 15.5 Å². The highest BCUT2D eigenvalue weighted by atomic mass is 16.2. The van der Waals surface area contributed by atoms with Crippen LogP contribution in [0.25, 0.3) is 11.7 Å². The molecule has 4 heterocycles. The first-order valence-corrected chi connectivity index (χ1v) is 14.3. The van der Waals surface area contributed by atoms with E-state index in [4.69, 9.17) is 4.98 Å². The van der Waals surface area contributed by atoms with Gasteiger partial charge in [-0.05, 0) is 57.6 Å². The van der Waals surface area contributed by atoms with Crippen LogP contribution in [0.1, 0.15) is 56.9 Å². The summed E-state index contributed by atoms with van der Waals surface area (Å²) in [4.78, 5) is 45.9. The van der Waals surface area contributed by atoms with Crippen LogP contribution < -0.4 is 16.0 Å². The van der Waals surface area contributed by atoms with Crippen molar-refractivity contribution in [2.75, 3.05) is 50.4 Å². The summed E-state index contributed by atoms with van der Waals surface area (Å²) in [6.45, 7) is 4.63. The summed E-state index contributed by atoms with van der Waals surface area (Å²) in [6, 6.07) is 2.74. The summed E-state index contributed by atoms with van der Waals surface area (Å²) in [6.07, 6.45) is 10.5. The molecule has 2 aromatic rings. The minimum absolute atomic E-state index is 0.0718. The van der Waals surface area contributed by atoms with Gasteiger partial charge in [0, 0.05) is 61.9 Å². The van der Waals surface area contributed by atoms with Crippen LogP contribution in [0.15, 0.2) is 17.8 Å². The number of amides is 2. The van der Waals surface area contributed by atoms with Crippen LogP contribution in [0.3, 0.4) is 0 Å². The Balaban J connectivity index is 1.10. The summed E-state index contributed by atoms with van der Waals surface area (Å²) < 4.78 is 1.77. The number of rotatable bonds is 9. The van der Waals surface area contributed by atoms with Gasteiger partial charge >= 0.3 is 0 Å². The predicted molar refractivity (Wildman–Crippen MR) is 148 cm³/mol. The lowest BCUT2D eigenvalue weighted by atomic mass is 9.83. The number of Topliss-reactive ketones (excluding diaryl/α,β-unsaturated/α-hetero) is 1. The number of likely N-dealkylation sites (N-methyl/N-ethyl adjacent to an activating group) is 1. The van der Waals surface area contributed by atoms with Crippen LogP contribution in [-0.4, -0.2) is 93.9 Å². The second kappa shape index (κ2) is 11.1. The molecule has 2 saturated carbocycles. The molecule has 0 spiro atoms. The Hall–Kier alpha value is -3.31. The van der Waals surface area contributed by atoms with E-state index < -0.39 is 0 Å². The van der Waals surface area contributed by atoms with Crippen molar-refractivity contribution in [3.05, 3.63) is 23.4 Å². The number of hydrogen-bond donors (Lipinski definition) is 3. The van der Waals surface area contributed by atoms with Gasteiger partial charge in [-0.15, -0.1) is 0 Å². The van der Waals surface area contributed by atoms with E-state index in [1.54, 1.807) is 16.8 Å². The number of carbonyl (C=O) groups is 3. The zero-order chi connectivity index (χ0) is 26.9. The van der Waals surface area contributed by atoms with Gasteiger partial charge in [-0.1, -0.05) is 0 Å². The Labute approximate surface area is 228 Å². The molecule has 4 aliphatic rings. The minimum atomic E-state index is -0.358. The van der Waals surface area contributed by atoms with Gasteiger partial charge in [0.15, 0.2) is 5.65 Å². The largest absolute Gasteiger partial charge is 0.367 e. The van der Waals surface area contributed by atoms with Gasteiger partial charge in [-0.3, -0.25) is 24.6 Å². The van der Waals surface area contributed by atoms with E-state index >= 15 is 0 Å². The number of carbonyl (C=O) groups excluding carboxylic acids is 3. The molecule has 0 radical (unpaired) electrons. The zero-order valence-electron chi connectivity index (χ0n) is 22.6. The highest BCUT2D eigenvalue weighted by molar-refractivity contribution is 6.15. The molecule has 0 bridgehead atoms. The molecule has 6 rings (SSSR count). The Morgan fingerprint density at radius 2 is 1.77 bits per heavy atom. The van der Waals surface area contributed by atoms with Crippen molar-refractivity contribution in [2.45, 2.75) is 63.5 Å². The molecule has 0 atom stereocenters. The lowest BCUT2D eigenvalue weighted by molar-refractivity contribution is -0.124. The molecule has 2 amide bonds. The summed E-state index contributed by atoms with van der Waals surface area (Å²) in [5.41, 5.74) is 1.78. The number of aromatic nitrogens is 3. The lowest BCUT2D eigenvalue weighted by Gasteiger charge is -2.33. The van der Waals surface area contributed by atoms with E-state index in [0.29, 0.717) is 53.5 Å². The molecule has 2 aromatic heterocycles. The molecule has 11 heteroatoms. The third-order valence-electron chi connectivity index (χ3n) is 8.36. The van der Waals surface area contributed by atoms with E-state index in [2.05, 4.69) is 37.9 Å². The van der Waals surface area contributed by atoms with Gasteiger partial charge in [-0.25, -0.2) is 4.98 Å². The highest BCUT2D eigenvalue weighted by Gasteiger charge is 2.28. The average molecular weight is 535 g/mol. The topological polar surface area (TPSA) is 124 Å². The van der Waals surface area contributed by atoms with Gasteiger partial charge in [0.2, 0.25) is 5.91 Å². The number of imide groups is 1. The number of nitrogens with one attached hydrogen (secondary N) is 3. The maximum Gasteiger partial charge on any atom is 0.254 e. The SMILES string of the molecule is CN1CCN(CC(=O)CC2CCC(Nc3cc(NC4CC4)n4ncc(/C=C5\CC(=O)NC5=O)c4n3)CC2)CC1. The maximum absolute atomic E-state index is 12.7. The first-order chi connectivity index (χ1) is 18.9. The molecule has 0 unspecified atom stereocenters. The smallest absolute Gasteiger partial charge is 0.254 e. The molecule has 2 saturated heterocycles. The van der Waals surface area contributed by atoms with Crippen molar-refractivity contribution in [3.63, 3.8) is 0 Å². The van der Waals surface area contributed by atoms with Crippen molar-refractivity contribution in [2.24, 2.45) is 5.92 Å². The molecule has 3 N–H and O–H groups in total. The molecule has 2 aliphatic carbocycles. The number of nitrogens with zero attached hydrogens (tertiary/aromatic N) is 5. The molecule has 4 fully saturated rings. The quantitative estimate of drug-likeness (QED) is 0.327. The van der Waals surface area contributed by atoms with Crippen LogP contribution >= 0.6 is 0 Å². The Bertz CT molecular complexity index is 1280. The van der Waals surface area contributed by atoms with Crippen LogP contribution in [0.4, 0.5) is 11.6 Å². The molecular weight excluding hydrogens is 496 g/mol. The normalized spacial score (nSPS) is 25.8. The third-order valence-corrected chi connectivity index (χ3v) is 8.36. The molecule has 208 valence electrons. The fraction of sp³-hybridized carbons (Fsp3) is 0.607. The van der Waals surface area contributed by atoms with Crippen molar-refractivity contribution >= 4 is 41.0 Å². The Kier molecular flexibility index (Phi) is 7.35. The second-order valence-electron chi connectivity index (χ2n) is 11.7. The number of ketones is 1. The number of anilines is 2. The molecular formula is C28H38N8O3. The minimum Gasteiger partial charge on any atom is -0.367 e. The summed E-state index contributed by atoms with van der Waals surface area (Å²) in [7, 11) is 2.13. The monoisotopic (exact) mass is 534 g/mol. The van der Waals surface area contributed by atoms with E-state index in [0.717, 1.165) is 76.3 Å². The third kappa shape index (κ3) is 6.30. The maximum atomic E-state index is 12.7. The first-order valence-electron chi connectivity index (χ1n) is 14.3. The van der Waals surface area contributed by atoms with E-state index in [1.165, 1.54) is 0 Å². The number of hydrogen-bond acceptors (Lipinski definition) is 9. The van der Waals surface area contributed by atoms with E-state index in [9.17, 15) is 14.4 Å². The van der Waals surface area contributed by atoms with Crippen LogP contribution in [-0.2, 0) is 14.4 Å². The van der Waals surface area contributed by atoms with Crippen molar-refractivity contribution < 1.29 is 14.4 Å². The highest BCUT2D eigenvalue weighted by Crippen LogP contribution is 2.31. The molecule has 2 aliphatic heterocycles. The van der Waals surface area contributed by atoms with Crippen molar-refractivity contribution in [3.8, 4) is 0 Å². The van der Waals surface area contributed by atoms with Gasteiger partial charge in [0.1, 0.15) is 17.4 Å². The average Bonchev–Trinajstić information content (AvgIpc) is 3.54. The van der Waals surface area contributed by atoms with E-state index in [1.807, 2.05) is 6.07 Å². The summed E-state index contributed by atoms with van der Waals surface area (Å²) in [5.74, 6) is 1.82. The number of piperazine rings is 1. The number of fused-ring (bicyclic) bond motifs is 1. The van der Waals surface area contributed by atoms with Gasteiger partial charge in [0.25, 0.3) is 5.91 Å². The molecule has 39 heavy (non-hydrogen) atoms. The summed E-state index contributed by atoms with van der Waals surface area (Å²) in [5, 5.41) is 14.0. The molecule has 0 aromatic carbocycles. The van der Waals surface area contributed by atoms with Crippen molar-refractivity contribution in [1.29, 1.82) is 0 Å². The molecule has 11 nitrogen and oxygen atoms in total. The lowest BCUT2D eigenvalue weighted by Crippen LogP contribution is -2.46. The zero-order valence-corrected chi connectivity index (χ0v) is 22.6. The second-order valence-corrected chi connectivity index (χ2v) is 11.7. The van der Waals surface area contributed by atoms with Crippen molar-refractivity contribution in [1.82, 2.24) is 29.7 Å². The van der Waals surface area contributed by atoms with Gasteiger partial charge in [0.05, 0.1) is 19.2 Å². The Morgan fingerprint density at radius 3 is 2.46 bits per heavy atom. The van der Waals surface area contributed by atoms with E-state index in [-0.39, 0.29) is 18.2 Å². The predicted octanol–water partition coefficient (Wildman–Crippen LogP) is 1.91. The van der Waals surface area contributed by atoms with Crippen LogP contribution in [0.5, 0.6) is 0 Å². The first kappa shape index (κ1) is 25.9. The van der Waals surface area contributed by atoms with Crippen LogP contribution in [0, 0.1) is 5.92 Å².